The number of hydrogen-bond donors (Lipinski definition) is 5. The molecule has 9 heteroatoms. The summed E-state index contributed by atoms with van der Waals surface area (Å²) in [7, 11) is 0. The van der Waals surface area contributed by atoms with Crippen LogP contribution < -0.4 is 0 Å². The molecule has 0 bridgehead atoms. The summed E-state index contributed by atoms with van der Waals surface area (Å²) >= 11 is 0. The van der Waals surface area contributed by atoms with Gasteiger partial charge in [0.05, 0.1) is 16.7 Å². The van der Waals surface area contributed by atoms with E-state index in [4.69, 9.17) is 20.4 Å². The molecule has 0 aliphatic heterocycles. The van der Waals surface area contributed by atoms with Gasteiger partial charge in [0.25, 0.3) is 0 Å². The fourth-order valence-corrected chi connectivity index (χ4v) is 2.29. The van der Waals surface area contributed by atoms with Crippen LogP contribution >= 0.6 is 0 Å². The van der Waals surface area contributed by atoms with E-state index in [2.05, 4.69) is 0 Å². The van der Waals surface area contributed by atoms with Crippen LogP contribution in [-0.2, 0) is 0 Å². The maximum Gasteiger partial charge on any atom is 0.340 e. The van der Waals surface area contributed by atoms with Crippen molar-refractivity contribution in [1.29, 1.82) is 0 Å². The average Bonchev–Trinajstić information content (AvgIpc) is 2.53. The molecule has 0 radical (unpaired) electrons. The van der Waals surface area contributed by atoms with Gasteiger partial charge in [-0.05, 0) is 29.8 Å². The molecule has 2 aromatic carbocycles. The number of phenols is 1. The predicted octanol–water partition coefficient (Wildman–Crippen LogP) is 1.85. The smallest absolute Gasteiger partial charge is 0.340 e. The Morgan fingerprint density at radius 1 is 0.640 bits per heavy atom. The van der Waals surface area contributed by atoms with Crippen LogP contribution in [0.4, 0.5) is 0 Å². The molecule has 2 aromatic rings. The molecule has 0 atom stereocenters. The summed E-state index contributed by atoms with van der Waals surface area (Å²) in [6.45, 7) is 0. The normalized spacial score (nSPS) is 10.2. The van der Waals surface area contributed by atoms with Crippen LogP contribution in [0.25, 0.3) is 11.1 Å². The van der Waals surface area contributed by atoms with Crippen molar-refractivity contribution < 1.29 is 44.7 Å². The van der Waals surface area contributed by atoms with Crippen molar-refractivity contribution in [2.24, 2.45) is 0 Å². The molecule has 0 aliphatic carbocycles. The molecule has 0 aromatic heterocycles. The highest BCUT2D eigenvalue weighted by atomic mass is 16.4. The number of hydrogen-bond acceptors (Lipinski definition) is 5. The molecule has 0 fully saturated rings. The summed E-state index contributed by atoms with van der Waals surface area (Å²) in [5, 5.41) is 46.4. The van der Waals surface area contributed by atoms with Gasteiger partial charge in [-0.2, -0.15) is 0 Å². The summed E-state index contributed by atoms with van der Waals surface area (Å²) in [6, 6.07) is 5.18. The van der Waals surface area contributed by atoms with Crippen molar-refractivity contribution in [2.45, 2.75) is 0 Å². The molecule has 2 rings (SSSR count). The average molecular weight is 346 g/mol. The lowest BCUT2D eigenvalue weighted by Crippen LogP contribution is -2.10. The molecule has 5 N–H and O–H groups in total. The second-order valence-electron chi connectivity index (χ2n) is 4.87. The van der Waals surface area contributed by atoms with Crippen molar-refractivity contribution in [3.05, 3.63) is 52.6 Å². The van der Waals surface area contributed by atoms with E-state index in [0.717, 1.165) is 24.3 Å². The number of carboxylic acid groups (broad SMARTS) is 4. The van der Waals surface area contributed by atoms with Gasteiger partial charge in [-0.1, -0.05) is 6.07 Å². The summed E-state index contributed by atoms with van der Waals surface area (Å²) < 4.78 is 0. The minimum absolute atomic E-state index is 0.0133. The Kier molecular flexibility index (Phi) is 4.42. The van der Waals surface area contributed by atoms with Gasteiger partial charge in [0.15, 0.2) is 0 Å². The molecule has 25 heavy (non-hydrogen) atoms. The van der Waals surface area contributed by atoms with Gasteiger partial charge >= 0.3 is 23.9 Å². The first-order valence-electron chi connectivity index (χ1n) is 6.58. The van der Waals surface area contributed by atoms with Crippen LogP contribution in [-0.4, -0.2) is 49.4 Å². The first-order chi connectivity index (χ1) is 11.6. The molecule has 0 spiro atoms. The largest absolute Gasteiger partial charge is 0.506 e. The predicted molar refractivity (Wildman–Crippen MR) is 81.4 cm³/mol. The summed E-state index contributed by atoms with van der Waals surface area (Å²) in [6.07, 6.45) is 0. The van der Waals surface area contributed by atoms with Crippen molar-refractivity contribution >= 4 is 23.9 Å². The number of aromatic carboxylic acids is 4. The third-order valence-corrected chi connectivity index (χ3v) is 3.41. The Bertz CT molecular complexity index is 927. The van der Waals surface area contributed by atoms with Crippen molar-refractivity contribution in [2.75, 3.05) is 0 Å². The number of benzene rings is 2. The lowest BCUT2D eigenvalue weighted by molar-refractivity contribution is 0.0648. The fourth-order valence-electron chi connectivity index (χ4n) is 2.29. The Morgan fingerprint density at radius 3 is 1.64 bits per heavy atom. The van der Waals surface area contributed by atoms with Gasteiger partial charge in [-0.15, -0.1) is 0 Å². The van der Waals surface area contributed by atoms with Crippen molar-refractivity contribution in [3.63, 3.8) is 0 Å². The fraction of sp³-hybridized carbons (Fsp3) is 0. The number of aromatic hydroxyl groups is 1. The van der Waals surface area contributed by atoms with Gasteiger partial charge in [0, 0.05) is 5.56 Å². The van der Waals surface area contributed by atoms with Crippen molar-refractivity contribution in [1.82, 2.24) is 0 Å². The third kappa shape index (κ3) is 3.11. The minimum Gasteiger partial charge on any atom is -0.506 e. The van der Waals surface area contributed by atoms with Crippen LogP contribution in [0.3, 0.4) is 0 Å². The van der Waals surface area contributed by atoms with E-state index in [-0.39, 0.29) is 11.1 Å². The molecule has 0 unspecified atom stereocenters. The molecule has 9 nitrogen and oxygen atoms in total. The van der Waals surface area contributed by atoms with Gasteiger partial charge in [-0.3, -0.25) is 0 Å². The topological polar surface area (TPSA) is 169 Å². The summed E-state index contributed by atoms with van der Waals surface area (Å²) in [5.41, 5.74) is -2.69. The van der Waals surface area contributed by atoms with Crippen LogP contribution in [0.1, 0.15) is 41.4 Å². The second kappa shape index (κ2) is 6.32. The van der Waals surface area contributed by atoms with Gasteiger partial charge in [0.2, 0.25) is 0 Å². The first-order valence-corrected chi connectivity index (χ1v) is 6.58. The Labute approximate surface area is 139 Å². The molecule has 0 aliphatic rings. The molecular weight excluding hydrogens is 336 g/mol. The van der Waals surface area contributed by atoms with E-state index in [1.807, 2.05) is 0 Å². The Morgan fingerprint density at radius 2 is 1.16 bits per heavy atom. The standard InChI is InChI=1S/C16H10O9/c17-12-7(3-4-9(14(20)21)11(12)16(24)25)6-1-2-8(13(18)19)10(5-6)15(22)23/h1-5,17H,(H,18,19)(H,20,21)(H,22,23)(H,24,25). The van der Waals surface area contributed by atoms with E-state index in [1.165, 1.54) is 6.07 Å². The number of carbonyl (C=O) groups is 4. The van der Waals surface area contributed by atoms with Gasteiger partial charge in [-0.25, -0.2) is 19.2 Å². The second-order valence-corrected chi connectivity index (χ2v) is 4.87. The third-order valence-electron chi connectivity index (χ3n) is 3.41. The Balaban J connectivity index is 2.75. The maximum absolute atomic E-state index is 11.3. The highest BCUT2D eigenvalue weighted by Gasteiger charge is 2.24. The minimum atomic E-state index is -1.68. The number of carboxylic acids is 4. The highest BCUT2D eigenvalue weighted by Crippen LogP contribution is 2.35. The van der Waals surface area contributed by atoms with Gasteiger partial charge < -0.3 is 25.5 Å². The zero-order valence-corrected chi connectivity index (χ0v) is 12.3. The Hall–Kier alpha value is -3.88. The van der Waals surface area contributed by atoms with E-state index in [9.17, 15) is 24.3 Å². The molecule has 128 valence electrons. The number of rotatable bonds is 5. The molecule has 0 saturated heterocycles. The molecule has 0 saturated carbocycles. The monoisotopic (exact) mass is 346 g/mol. The SMILES string of the molecule is O=C(O)c1ccc(-c2ccc(C(=O)O)c(C(=O)O)c2O)cc1C(=O)O. The van der Waals surface area contributed by atoms with Crippen molar-refractivity contribution in [3.8, 4) is 16.9 Å². The van der Waals surface area contributed by atoms with E-state index in [0.29, 0.717) is 0 Å². The van der Waals surface area contributed by atoms with E-state index in [1.54, 1.807) is 0 Å². The van der Waals surface area contributed by atoms with E-state index >= 15 is 0 Å². The van der Waals surface area contributed by atoms with Crippen LogP contribution in [0, 0.1) is 0 Å². The van der Waals surface area contributed by atoms with E-state index < -0.39 is 51.9 Å². The molecule has 0 heterocycles. The lowest BCUT2D eigenvalue weighted by atomic mass is 9.94. The van der Waals surface area contributed by atoms with Crippen LogP contribution in [0.5, 0.6) is 5.75 Å². The maximum atomic E-state index is 11.3. The zero-order valence-electron chi connectivity index (χ0n) is 12.3. The molecular formula is C16H10O9. The van der Waals surface area contributed by atoms with Gasteiger partial charge in [0.1, 0.15) is 11.3 Å². The highest BCUT2D eigenvalue weighted by molar-refractivity contribution is 6.06. The zero-order chi connectivity index (χ0) is 18.9. The summed E-state index contributed by atoms with van der Waals surface area (Å²) in [5.74, 6) is -7.11. The molecule has 0 amide bonds. The summed E-state index contributed by atoms with van der Waals surface area (Å²) in [4.78, 5) is 44.6. The first kappa shape index (κ1) is 17.5. The quantitative estimate of drug-likeness (QED) is 0.542. The van der Waals surface area contributed by atoms with Crippen LogP contribution in [0.15, 0.2) is 30.3 Å². The van der Waals surface area contributed by atoms with Crippen LogP contribution in [0.2, 0.25) is 0 Å². The lowest BCUT2D eigenvalue weighted by Gasteiger charge is -2.11.